The van der Waals surface area contributed by atoms with Gasteiger partial charge in [-0.25, -0.2) is 0 Å². The van der Waals surface area contributed by atoms with E-state index in [4.69, 9.17) is 4.74 Å². The first-order valence-corrected chi connectivity index (χ1v) is 4.47. The summed E-state index contributed by atoms with van der Waals surface area (Å²) in [5, 5.41) is 3.35. The summed E-state index contributed by atoms with van der Waals surface area (Å²) in [4.78, 5) is 0. The van der Waals surface area contributed by atoms with Crippen LogP contribution in [0, 0.1) is 5.92 Å². The maximum absolute atomic E-state index is 5.60. The highest BCUT2D eigenvalue weighted by atomic mass is 35.5. The Morgan fingerprint density at radius 3 is 2.00 bits per heavy atom. The van der Waals surface area contributed by atoms with Crippen LogP contribution in [0.1, 0.15) is 26.7 Å². The van der Waals surface area contributed by atoms with Gasteiger partial charge < -0.3 is 10.1 Å². The minimum atomic E-state index is 0. The second-order valence-corrected chi connectivity index (χ2v) is 3.67. The largest absolute Gasteiger partial charge is 0.378 e. The van der Waals surface area contributed by atoms with Crippen molar-refractivity contribution < 1.29 is 4.74 Å². The van der Waals surface area contributed by atoms with Crippen molar-refractivity contribution in [1.29, 1.82) is 0 Å². The molecule has 1 N–H and O–H groups in total. The van der Waals surface area contributed by atoms with Gasteiger partial charge in [0.15, 0.2) is 0 Å². The van der Waals surface area contributed by atoms with Crippen LogP contribution in [0.2, 0.25) is 0 Å². The first-order valence-electron chi connectivity index (χ1n) is 4.47. The number of rotatable bonds is 2. The molecule has 1 aliphatic heterocycles. The predicted octanol–water partition coefficient (Wildman–Crippen LogP) is 1.83. The van der Waals surface area contributed by atoms with Gasteiger partial charge in [-0.05, 0) is 31.8 Å². The quantitative estimate of drug-likeness (QED) is 0.723. The molecule has 12 heavy (non-hydrogen) atoms. The second kappa shape index (κ2) is 5.05. The van der Waals surface area contributed by atoms with Gasteiger partial charge in [-0.1, -0.05) is 13.8 Å². The third-order valence-corrected chi connectivity index (χ3v) is 2.91. The van der Waals surface area contributed by atoms with Gasteiger partial charge in [0.1, 0.15) is 0 Å². The molecule has 0 amide bonds. The van der Waals surface area contributed by atoms with Gasteiger partial charge in [0, 0.05) is 7.11 Å². The lowest BCUT2D eigenvalue weighted by atomic mass is 9.82. The molecule has 1 saturated heterocycles. The van der Waals surface area contributed by atoms with Crippen LogP contribution in [-0.4, -0.2) is 25.8 Å². The summed E-state index contributed by atoms with van der Waals surface area (Å²) in [6.45, 7) is 6.70. The Bertz CT molecular complexity index is 122. The molecule has 2 nitrogen and oxygen atoms in total. The van der Waals surface area contributed by atoms with Crippen LogP contribution in [0.5, 0.6) is 0 Å². The van der Waals surface area contributed by atoms with Crippen LogP contribution in [0.4, 0.5) is 0 Å². The minimum Gasteiger partial charge on any atom is -0.378 e. The summed E-state index contributed by atoms with van der Waals surface area (Å²) in [5.74, 6) is 0.634. The van der Waals surface area contributed by atoms with Gasteiger partial charge in [-0.15, -0.1) is 12.4 Å². The molecule has 0 bridgehead atoms. The highest BCUT2D eigenvalue weighted by Gasteiger charge is 2.34. The molecule has 1 aliphatic rings. The third-order valence-electron chi connectivity index (χ3n) is 2.91. The van der Waals surface area contributed by atoms with E-state index in [0.29, 0.717) is 5.92 Å². The molecule has 0 unspecified atom stereocenters. The Morgan fingerprint density at radius 2 is 1.75 bits per heavy atom. The smallest absolute Gasteiger partial charge is 0.0725 e. The standard InChI is InChI=1S/C9H19NO.ClH/c1-8(2)9(11-3)4-6-10-7-5-9;/h8,10H,4-7H2,1-3H3;1H. The van der Waals surface area contributed by atoms with Gasteiger partial charge in [-0.2, -0.15) is 0 Å². The number of halogens is 1. The van der Waals surface area contributed by atoms with Crippen molar-refractivity contribution in [2.75, 3.05) is 20.2 Å². The highest BCUT2D eigenvalue weighted by Crippen LogP contribution is 2.30. The van der Waals surface area contributed by atoms with E-state index in [9.17, 15) is 0 Å². The van der Waals surface area contributed by atoms with Crippen molar-refractivity contribution in [2.45, 2.75) is 32.3 Å². The number of piperidine rings is 1. The van der Waals surface area contributed by atoms with E-state index in [0.717, 1.165) is 25.9 Å². The molecule has 0 spiro atoms. The highest BCUT2D eigenvalue weighted by molar-refractivity contribution is 5.85. The average Bonchev–Trinajstić information content (AvgIpc) is 2.05. The molecule has 1 fully saturated rings. The number of hydrogen-bond acceptors (Lipinski definition) is 2. The van der Waals surface area contributed by atoms with E-state index in [1.54, 1.807) is 0 Å². The average molecular weight is 194 g/mol. The van der Waals surface area contributed by atoms with Crippen LogP contribution >= 0.6 is 12.4 Å². The summed E-state index contributed by atoms with van der Waals surface area (Å²) in [6.07, 6.45) is 2.31. The topological polar surface area (TPSA) is 21.3 Å². The molecule has 3 heteroatoms. The lowest BCUT2D eigenvalue weighted by Crippen LogP contribution is -2.47. The van der Waals surface area contributed by atoms with Gasteiger partial charge >= 0.3 is 0 Å². The van der Waals surface area contributed by atoms with Gasteiger partial charge in [0.25, 0.3) is 0 Å². The van der Waals surface area contributed by atoms with Crippen molar-refractivity contribution in [1.82, 2.24) is 5.32 Å². The number of methoxy groups -OCH3 is 1. The molecule has 0 aromatic heterocycles. The number of nitrogens with one attached hydrogen (secondary N) is 1. The van der Waals surface area contributed by atoms with Crippen molar-refractivity contribution in [2.24, 2.45) is 5.92 Å². The van der Waals surface area contributed by atoms with Crippen molar-refractivity contribution in [3.63, 3.8) is 0 Å². The fourth-order valence-electron chi connectivity index (χ4n) is 1.87. The molecular formula is C9H20ClNO. The summed E-state index contributed by atoms with van der Waals surface area (Å²) in [6, 6.07) is 0. The Morgan fingerprint density at radius 1 is 1.25 bits per heavy atom. The number of ether oxygens (including phenoxy) is 1. The lowest BCUT2D eigenvalue weighted by molar-refractivity contribution is -0.0689. The van der Waals surface area contributed by atoms with E-state index in [1.165, 1.54) is 0 Å². The summed E-state index contributed by atoms with van der Waals surface area (Å²) < 4.78 is 5.60. The minimum absolute atomic E-state index is 0. The first-order chi connectivity index (χ1) is 5.21. The summed E-state index contributed by atoms with van der Waals surface area (Å²) in [5.41, 5.74) is 0.158. The number of hydrogen-bond donors (Lipinski definition) is 1. The van der Waals surface area contributed by atoms with E-state index >= 15 is 0 Å². The van der Waals surface area contributed by atoms with Crippen molar-refractivity contribution in [3.8, 4) is 0 Å². The van der Waals surface area contributed by atoms with Crippen LogP contribution < -0.4 is 5.32 Å². The molecule has 0 atom stereocenters. The van der Waals surface area contributed by atoms with Crippen LogP contribution in [0.15, 0.2) is 0 Å². The van der Waals surface area contributed by atoms with Crippen molar-refractivity contribution in [3.05, 3.63) is 0 Å². The van der Waals surface area contributed by atoms with E-state index < -0.39 is 0 Å². The lowest BCUT2D eigenvalue weighted by Gasteiger charge is -2.39. The molecule has 0 aromatic rings. The van der Waals surface area contributed by atoms with E-state index in [2.05, 4.69) is 19.2 Å². The molecule has 0 saturated carbocycles. The summed E-state index contributed by atoms with van der Waals surface area (Å²) in [7, 11) is 1.84. The van der Waals surface area contributed by atoms with Crippen LogP contribution in [0.25, 0.3) is 0 Å². The van der Waals surface area contributed by atoms with E-state index in [1.807, 2.05) is 7.11 Å². The zero-order chi connectivity index (χ0) is 8.32. The van der Waals surface area contributed by atoms with Crippen LogP contribution in [0.3, 0.4) is 0 Å². The molecule has 1 rings (SSSR count). The molecular weight excluding hydrogens is 174 g/mol. The molecule has 74 valence electrons. The SMILES string of the molecule is COC1(C(C)C)CCNCC1.Cl. The van der Waals surface area contributed by atoms with E-state index in [-0.39, 0.29) is 18.0 Å². The normalized spacial score (nSPS) is 22.0. The monoisotopic (exact) mass is 193 g/mol. The molecule has 1 heterocycles. The molecule has 0 radical (unpaired) electrons. The molecule has 0 aliphatic carbocycles. The third kappa shape index (κ3) is 2.35. The van der Waals surface area contributed by atoms with Crippen molar-refractivity contribution >= 4 is 12.4 Å². The Balaban J connectivity index is 0.00000121. The maximum atomic E-state index is 5.60. The first kappa shape index (κ1) is 12.2. The van der Waals surface area contributed by atoms with Gasteiger partial charge in [-0.3, -0.25) is 0 Å². The Kier molecular flexibility index (Phi) is 5.14. The summed E-state index contributed by atoms with van der Waals surface area (Å²) >= 11 is 0. The zero-order valence-electron chi connectivity index (χ0n) is 8.22. The maximum Gasteiger partial charge on any atom is 0.0725 e. The Labute approximate surface area is 81.5 Å². The molecule has 0 aromatic carbocycles. The van der Waals surface area contributed by atoms with Gasteiger partial charge in [0.05, 0.1) is 5.60 Å². The zero-order valence-corrected chi connectivity index (χ0v) is 9.04. The Hall–Kier alpha value is 0.210. The fraction of sp³-hybridized carbons (Fsp3) is 1.00. The fourth-order valence-corrected chi connectivity index (χ4v) is 1.87. The van der Waals surface area contributed by atoms with Gasteiger partial charge in [0.2, 0.25) is 0 Å². The van der Waals surface area contributed by atoms with Crippen LogP contribution in [-0.2, 0) is 4.74 Å². The second-order valence-electron chi connectivity index (χ2n) is 3.67. The predicted molar refractivity (Wildman–Crippen MR) is 53.9 cm³/mol.